The fourth-order valence-electron chi connectivity index (χ4n) is 0.969. The Morgan fingerprint density at radius 3 is 2.46 bits per heavy atom. The molecule has 0 aliphatic carbocycles. The Morgan fingerprint density at radius 2 is 2.00 bits per heavy atom. The fraction of sp³-hybridized carbons (Fsp3) is 0.400. The van der Waals surface area contributed by atoms with E-state index in [0.717, 1.165) is 6.20 Å². The molecule has 3 heteroatoms. The molecule has 1 aromatic rings. The Morgan fingerprint density at radius 1 is 1.38 bits per heavy atom. The summed E-state index contributed by atoms with van der Waals surface area (Å²) >= 11 is 0. The first-order valence-corrected chi connectivity index (χ1v) is 4.06. The van der Waals surface area contributed by atoms with Gasteiger partial charge in [-0.1, -0.05) is 20.8 Å². The number of hydrogen-bond donors (Lipinski definition) is 0. The van der Waals surface area contributed by atoms with Gasteiger partial charge in [-0.25, -0.2) is 4.39 Å². The number of carbonyl (C=O) groups is 1. The lowest BCUT2D eigenvalue weighted by Gasteiger charge is -2.15. The minimum atomic E-state index is -0.491. The number of carbonyl (C=O) groups excluding carboxylic acids is 1. The van der Waals surface area contributed by atoms with Crippen LogP contribution in [0.4, 0.5) is 4.39 Å². The van der Waals surface area contributed by atoms with E-state index in [9.17, 15) is 9.18 Å². The second-order valence-corrected chi connectivity index (χ2v) is 3.97. The molecular formula is C10H12FNO. The van der Waals surface area contributed by atoms with Crippen LogP contribution >= 0.6 is 0 Å². The first kappa shape index (κ1) is 9.84. The molecule has 0 aliphatic heterocycles. The van der Waals surface area contributed by atoms with E-state index in [0.29, 0.717) is 5.56 Å². The summed E-state index contributed by atoms with van der Waals surface area (Å²) in [5, 5.41) is 0. The Kier molecular flexibility index (Phi) is 2.45. The lowest BCUT2D eigenvalue weighted by atomic mass is 9.87. The van der Waals surface area contributed by atoms with Gasteiger partial charge in [0.15, 0.2) is 5.78 Å². The highest BCUT2D eigenvalue weighted by Crippen LogP contribution is 2.20. The topological polar surface area (TPSA) is 30.0 Å². The number of pyridine rings is 1. The molecule has 0 atom stereocenters. The third-order valence-corrected chi connectivity index (χ3v) is 1.65. The molecule has 0 aromatic carbocycles. The average Bonchev–Trinajstić information content (AvgIpc) is 2.01. The lowest BCUT2D eigenvalue weighted by Crippen LogP contribution is -2.20. The van der Waals surface area contributed by atoms with Gasteiger partial charge in [0, 0.05) is 17.2 Å². The van der Waals surface area contributed by atoms with Crippen molar-refractivity contribution in [2.45, 2.75) is 20.8 Å². The Balaban J connectivity index is 3.03. The van der Waals surface area contributed by atoms with Crippen molar-refractivity contribution in [3.05, 3.63) is 29.8 Å². The van der Waals surface area contributed by atoms with Gasteiger partial charge in [0.25, 0.3) is 0 Å². The highest BCUT2D eigenvalue weighted by molar-refractivity contribution is 5.99. The number of nitrogens with zero attached hydrogens (tertiary/aromatic N) is 1. The van der Waals surface area contributed by atoms with Crippen LogP contribution in [0, 0.1) is 11.2 Å². The predicted octanol–water partition coefficient (Wildman–Crippen LogP) is 2.45. The number of aromatic nitrogens is 1. The molecule has 0 radical (unpaired) electrons. The molecular weight excluding hydrogens is 169 g/mol. The van der Waals surface area contributed by atoms with Crippen LogP contribution in [-0.2, 0) is 0 Å². The van der Waals surface area contributed by atoms with Crippen LogP contribution in [0.5, 0.6) is 0 Å². The number of Topliss-reactive ketones (excluding diaryl/α,β-unsaturated/α-hetero) is 1. The third kappa shape index (κ3) is 2.34. The standard InChI is InChI=1S/C10H12FNO/c1-10(2,3)9(13)7-4-8(11)6-12-5-7/h4-6H,1-3H3. The quantitative estimate of drug-likeness (QED) is 0.623. The molecule has 2 nitrogen and oxygen atoms in total. The van der Waals surface area contributed by atoms with Crippen molar-refractivity contribution < 1.29 is 9.18 Å². The smallest absolute Gasteiger partial charge is 0.169 e. The van der Waals surface area contributed by atoms with Gasteiger partial charge in [-0.2, -0.15) is 0 Å². The van der Waals surface area contributed by atoms with Gasteiger partial charge >= 0.3 is 0 Å². The summed E-state index contributed by atoms with van der Waals surface area (Å²) in [6.07, 6.45) is 2.47. The molecule has 0 bridgehead atoms. The maximum atomic E-state index is 12.7. The van der Waals surface area contributed by atoms with E-state index in [1.165, 1.54) is 12.3 Å². The zero-order chi connectivity index (χ0) is 10.1. The SMILES string of the molecule is CC(C)(C)C(=O)c1cncc(F)c1. The number of hydrogen-bond acceptors (Lipinski definition) is 2. The molecule has 70 valence electrons. The molecule has 0 unspecified atom stereocenters. The Hall–Kier alpha value is -1.25. The maximum Gasteiger partial charge on any atom is 0.169 e. The van der Waals surface area contributed by atoms with Gasteiger partial charge in [0.1, 0.15) is 5.82 Å². The highest BCUT2D eigenvalue weighted by Gasteiger charge is 2.23. The normalized spacial score (nSPS) is 11.4. The second-order valence-electron chi connectivity index (χ2n) is 3.97. The monoisotopic (exact) mass is 181 g/mol. The lowest BCUT2D eigenvalue weighted by molar-refractivity contribution is 0.0857. The third-order valence-electron chi connectivity index (χ3n) is 1.65. The van der Waals surface area contributed by atoms with Crippen LogP contribution in [0.2, 0.25) is 0 Å². The van der Waals surface area contributed by atoms with Gasteiger partial charge in [0.2, 0.25) is 0 Å². The molecule has 0 amide bonds. The second kappa shape index (κ2) is 3.24. The van der Waals surface area contributed by atoms with Gasteiger partial charge in [-0.15, -0.1) is 0 Å². The summed E-state index contributed by atoms with van der Waals surface area (Å²) in [6.45, 7) is 5.38. The summed E-state index contributed by atoms with van der Waals surface area (Å²) < 4.78 is 12.7. The minimum absolute atomic E-state index is 0.0977. The number of halogens is 1. The van der Waals surface area contributed by atoms with Crippen molar-refractivity contribution in [3.8, 4) is 0 Å². The number of ketones is 1. The van der Waals surface area contributed by atoms with Gasteiger partial charge in [-0.05, 0) is 6.07 Å². The summed E-state index contributed by atoms with van der Waals surface area (Å²) in [5.41, 5.74) is -0.164. The molecule has 1 aromatic heterocycles. The van der Waals surface area contributed by atoms with Crippen LogP contribution in [0.1, 0.15) is 31.1 Å². The molecule has 0 N–H and O–H groups in total. The number of rotatable bonds is 1. The summed E-state index contributed by atoms with van der Waals surface area (Å²) in [5.74, 6) is -0.574. The van der Waals surface area contributed by atoms with Crippen LogP contribution < -0.4 is 0 Å². The molecule has 0 fully saturated rings. The summed E-state index contributed by atoms with van der Waals surface area (Å²) in [6, 6.07) is 1.21. The van der Waals surface area contributed by atoms with Crippen LogP contribution in [0.25, 0.3) is 0 Å². The Labute approximate surface area is 76.8 Å². The van der Waals surface area contributed by atoms with Gasteiger partial charge < -0.3 is 0 Å². The van der Waals surface area contributed by atoms with E-state index in [4.69, 9.17) is 0 Å². The van der Waals surface area contributed by atoms with Crippen LogP contribution in [-0.4, -0.2) is 10.8 Å². The molecule has 13 heavy (non-hydrogen) atoms. The van der Waals surface area contributed by atoms with Crippen molar-refractivity contribution in [2.24, 2.45) is 5.41 Å². The van der Waals surface area contributed by atoms with E-state index in [1.54, 1.807) is 20.8 Å². The maximum absolute atomic E-state index is 12.7. The van der Waals surface area contributed by atoms with Crippen molar-refractivity contribution in [1.29, 1.82) is 0 Å². The van der Waals surface area contributed by atoms with Crippen molar-refractivity contribution in [3.63, 3.8) is 0 Å². The zero-order valence-corrected chi connectivity index (χ0v) is 7.97. The molecule has 1 heterocycles. The van der Waals surface area contributed by atoms with Crippen molar-refractivity contribution >= 4 is 5.78 Å². The zero-order valence-electron chi connectivity index (χ0n) is 7.97. The van der Waals surface area contributed by atoms with Gasteiger partial charge in [0.05, 0.1) is 6.20 Å². The first-order chi connectivity index (χ1) is 5.91. The van der Waals surface area contributed by atoms with E-state index >= 15 is 0 Å². The molecule has 1 rings (SSSR count). The Bertz CT molecular complexity index is 328. The van der Waals surface area contributed by atoms with Crippen molar-refractivity contribution in [2.75, 3.05) is 0 Å². The molecule has 0 saturated heterocycles. The predicted molar refractivity (Wildman–Crippen MR) is 48.0 cm³/mol. The summed E-state index contributed by atoms with van der Waals surface area (Å²) in [4.78, 5) is 15.2. The van der Waals surface area contributed by atoms with Crippen molar-refractivity contribution in [1.82, 2.24) is 4.98 Å². The van der Waals surface area contributed by atoms with E-state index < -0.39 is 11.2 Å². The first-order valence-electron chi connectivity index (χ1n) is 4.06. The van der Waals surface area contributed by atoms with Crippen LogP contribution in [0.15, 0.2) is 18.5 Å². The molecule has 0 saturated carbocycles. The molecule has 0 spiro atoms. The van der Waals surface area contributed by atoms with E-state index in [1.807, 2.05) is 0 Å². The average molecular weight is 181 g/mol. The summed E-state index contributed by atoms with van der Waals surface area (Å²) in [7, 11) is 0. The fourth-order valence-corrected chi connectivity index (χ4v) is 0.969. The van der Waals surface area contributed by atoms with E-state index in [-0.39, 0.29) is 5.78 Å². The largest absolute Gasteiger partial charge is 0.294 e. The molecule has 0 aliphatic rings. The highest BCUT2D eigenvalue weighted by atomic mass is 19.1. The van der Waals surface area contributed by atoms with Crippen LogP contribution in [0.3, 0.4) is 0 Å². The van der Waals surface area contributed by atoms with Gasteiger partial charge in [-0.3, -0.25) is 9.78 Å². The van der Waals surface area contributed by atoms with E-state index in [2.05, 4.69) is 4.98 Å². The minimum Gasteiger partial charge on any atom is -0.294 e.